The third-order valence-electron chi connectivity index (χ3n) is 2.77. The Kier molecular flexibility index (Phi) is 3.08. The molecule has 3 rings (SSSR count). The molecule has 0 unspecified atom stereocenters. The third kappa shape index (κ3) is 2.46. The van der Waals surface area contributed by atoms with Gasteiger partial charge in [0.1, 0.15) is 5.69 Å². The number of nitrogens with zero attached hydrogens (tertiary/aromatic N) is 1. The number of aromatic amines is 1. The summed E-state index contributed by atoms with van der Waals surface area (Å²) in [6.45, 7) is 1.94. The van der Waals surface area contributed by atoms with Gasteiger partial charge in [0.05, 0.1) is 15.2 Å². The third-order valence-corrected chi connectivity index (χ3v) is 3.70. The molecule has 0 bridgehead atoms. The van der Waals surface area contributed by atoms with Crippen LogP contribution in [-0.4, -0.2) is 15.9 Å². The maximum Gasteiger partial charge on any atom is 0.272 e. The number of hydrogen-bond donors (Lipinski definition) is 2. The van der Waals surface area contributed by atoms with Gasteiger partial charge >= 0.3 is 0 Å². The highest BCUT2D eigenvalue weighted by molar-refractivity contribution is 7.18. The summed E-state index contributed by atoms with van der Waals surface area (Å²) in [5, 5.41) is 3.74. The Bertz CT molecular complexity index is 851. The number of benzene rings is 1. The Balaban J connectivity index is 1.88. The van der Waals surface area contributed by atoms with E-state index in [9.17, 15) is 9.59 Å². The van der Waals surface area contributed by atoms with Gasteiger partial charge in [-0.05, 0) is 31.2 Å². The van der Waals surface area contributed by atoms with Crippen molar-refractivity contribution in [2.24, 2.45) is 0 Å². The first kappa shape index (κ1) is 12.6. The molecule has 0 saturated carbocycles. The summed E-state index contributed by atoms with van der Waals surface area (Å²) in [6, 6.07) is 10.0. The quantitative estimate of drug-likeness (QED) is 0.759. The van der Waals surface area contributed by atoms with Gasteiger partial charge in [-0.15, -0.1) is 11.3 Å². The molecule has 2 heterocycles. The van der Waals surface area contributed by atoms with Crippen LogP contribution in [0, 0.1) is 6.92 Å². The number of nitrogens with one attached hydrogen (secondary N) is 2. The van der Waals surface area contributed by atoms with Gasteiger partial charge in [0.25, 0.3) is 5.91 Å². The fourth-order valence-electron chi connectivity index (χ4n) is 1.90. The fraction of sp³-hybridized carbons (Fsp3) is 0.0714. The lowest BCUT2D eigenvalue weighted by atomic mass is 10.2. The first-order valence-electron chi connectivity index (χ1n) is 6.00. The highest BCUT2D eigenvalue weighted by atomic mass is 32.1. The molecule has 2 aromatic heterocycles. The van der Waals surface area contributed by atoms with Crippen LogP contribution in [0.25, 0.3) is 10.2 Å². The highest BCUT2D eigenvalue weighted by Crippen LogP contribution is 2.24. The largest absolute Gasteiger partial charge is 0.321 e. The lowest BCUT2D eigenvalue weighted by Crippen LogP contribution is -2.17. The van der Waals surface area contributed by atoms with E-state index in [1.165, 1.54) is 6.07 Å². The van der Waals surface area contributed by atoms with Crippen LogP contribution in [0.2, 0.25) is 0 Å². The van der Waals surface area contributed by atoms with Gasteiger partial charge in [-0.25, -0.2) is 4.98 Å². The van der Waals surface area contributed by atoms with Crippen LogP contribution in [0.3, 0.4) is 0 Å². The average Bonchev–Trinajstić information content (AvgIpc) is 2.78. The van der Waals surface area contributed by atoms with Gasteiger partial charge in [-0.2, -0.15) is 0 Å². The van der Waals surface area contributed by atoms with E-state index in [1.54, 1.807) is 29.5 Å². The Morgan fingerprint density at radius 3 is 2.95 bits per heavy atom. The summed E-state index contributed by atoms with van der Waals surface area (Å²) >= 11 is 1.57. The van der Waals surface area contributed by atoms with Crippen molar-refractivity contribution in [2.45, 2.75) is 6.92 Å². The van der Waals surface area contributed by atoms with E-state index in [0.29, 0.717) is 5.69 Å². The number of aryl methyl sites for hydroxylation is 1. The van der Waals surface area contributed by atoms with Crippen molar-refractivity contribution >= 4 is 33.1 Å². The summed E-state index contributed by atoms with van der Waals surface area (Å²) in [5.41, 5.74) is 1.53. The molecule has 0 fully saturated rings. The standard InChI is InChI=1S/C14H11N3O2S/c1-8-15-10-6-5-9(7-12(10)20-8)16-14(19)11-3-2-4-13(18)17-11/h2-7H,1H3,(H,16,19)(H,17,18). The molecule has 1 amide bonds. The highest BCUT2D eigenvalue weighted by Gasteiger charge is 2.08. The summed E-state index contributed by atoms with van der Waals surface area (Å²) in [7, 11) is 0. The van der Waals surface area contributed by atoms with Crippen LogP contribution in [-0.2, 0) is 0 Å². The molecule has 0 saturated heterocycles. The van der Waals surface area contributed by atoms with Crippen LogP contribution in [0.1, 0.15) is 15.5 Å². The molecule has 0 atom stereocenters. The van der Waals surface area contributed by atoms with Gasteiger partial charge in [-0.1, -0.05) is 6.07 Å². The van der Waals surface area contributed by atoms with Crippen molar-refractivity contribution in [2.75, 3.05) is 5.32 Å². The number of rotatable bonds is 2. The van der Waals surface area contributed by atoms with Crippen LogP contribution >= 0.6 is 11.3 Å². The lowest BCUT2D eigenvalue weighted by Gasteiger charge is -2.04. The van der Waals surface area contributed by atoms with Crippen LogP contribution in [0.15, 0.2) is 41.2 Å². The Morgan fingerprint density at radius 2 is 2.15 bits per heavy atom. The van der Waals surface area contributed by atoms with Gasteiger partial charge in [-0.3, -0.25) is 9.59 Å². The maximum absolute atomic E-state index is 12.0. The monoisotopic (exact) mass is 285 g/mol. The molecule has 20 heavy (non-hydrogen) atoms. The number of H-pyrrole nitrogens is 1. The molecule has 0 aliphatic carbocycles. The molecular weight excluding hydrogens is 274 g/mol. The van der Waals surface area contributed by atoms with Gasteiger partial charge in [0.15, 0.2) is 0 Å². The summed E-state index contributed by atoms with van der Waals surface area (Å²) < 4.78 is 1.02. The van der Waals surface area contributed by atoms with Crippen LogP contribution in [0.4, 0.5) is 5.69 Å². The molecule has 0 spiro atoms. The molecule has 5 nitrogen and oxygen atoms in total. The predicted molar refractivity (Wildman–Crippen MR) is 79.4 cm³/mol. The second kappa shape index (κ2) is 4.90. The van der Waals surface area contributed by atoms with Crippen molar-refractivity contribution in [3.05, 3.63) is 57.5 Å². The number of aromatic nitrogens is 2. The molecule has 0 aliphatic heterocycles. The van der Waals surface area contributed by atoms with E-state index < -0.39 is 0 Å². The predicted octanol–water partition coefficient (Wildman–Crippen LogP) is 2.55. The van der Waals surface area contributed by atoms with Crippen LogP contribution in [0.5, 0.6) is 0 Å². The molecule has 0 aliphatic rings. The molecule has 1 aromatic carbocycles. The zero-order chi connectivity index (χ0) is 14.1. The van der Waals surface area contributed by atoms with E-state index in [1.807, 2.05) is 19.1 Å². The van der Waals surface area contributed by atoms with E-state index in [0.717, 1.165) is 15.2 Å². The molecule has 0 radical (unpaired) electrons. The number of carbonyl (C=O) groups is 1. The second-order valence-corrected chi connectivity index (χ2v) is 5.53. The number of pyridine rings is 1. The second-order valence-electron chi connectivity index (χ2n) is 4.30. The average molecular weight is 285 g/mol. The first-order chi connectivity index (χ1) is 9.61. The normalized spacial score (nSPS) is 10.7. The Hall–Kier alpha value is -2.47. The SMILES string of the molecule is Cc1nc2ccc(NC(=O)c3cccc(=O)[nH]3)cc2s1. The number of amides is 1. The van der Waals surface area contributed by atoms with E-state index in [-0.39, 0.29) is 17.2 Å². The Labute approximate surface area is 118 Å². The van der Waals surface area contributed by atoms with E-state index in [4.69, 9.17) is 0 Å². The van der Waals surface area contributed by atoms with Gasteiger partial charge in [0.2, 0.25) is 5.56 Å². The van der Waals surface area contributed by atoms with Crippen molar-refractivity contribution in [1.82, 2.24) is 9.97 Å². The summed E-state index contributed by atoms with van der Waals surface area (Å²) in [6.07, 6.45) is 0. The fourth-order valence-corrected chi connectivity index (χ4v) is 2.76. The molecule has 6 heteroatoms. The molecular formula is C14H11N3O2S. The Morgan fingerprint density at radius 1 is 1.30 bits per heavy atom. The smallest absolute Gasteiger partial charge is 0.272 e. The van der Waals surface area contributed by atoms with Gasteiger partial charge < -0.3 is 10.3 Å². The van der Waals surface area contributed by atoms with Crippen molar-refractivity contribution in [3.63, 3.8) is 0 Å². The zero-order valence-corrected chi connectivity index (χ0v) is 11.5. The summed E-state index contributed by atoms with van der Waals surface area (Å²) in [5.74, 6) is -0.344. The van der Waals surface area contributed by atoms with E-state index >= 15 is 0 Å². The number of fused-ring (bicyclic) bond motifs is 1. The van der Waals surface area contributed by atoms with Crippen molar-refractivity contribution in [3.8, 4) is 0 Å². The first-order valence-corrected chi connectivity index (χ1v) is 6.81. The van der Waals surface area contributed by atoms with Crippen LogP contribution < -0.4 is 10.9 Å². The number of hydrogen-bond acceptors (Lipinski definition) is 4. The topological polar surface area (TPSA) is 74.8 Å². The maximum atomic E-state index is 12.0. The molecule has 2 N–H and O–H groups in total. The zero-order valence-electron chi connectivity index (χ0n) is 10.6. The molecule has 100 valence electrons. The van der Waals surface area contributed by atoms with E-state index in [2.05, 4.69) is 15.3 Å². The molecule has 3 aromatic rings. The minimum atomic E-state index is -0.344. The number of anilines is 1. The minimum absolute atomic E-state index is 0.234. The lowest BCUT2D eigenvalue weighted by molar-refractivity contribution is 0.102. The number of thiazole rings is 1. The van der Waals surface area contributed by atoms with Crippen molar-refractivity contribution < 1.29 is 4.79 Å². The van der Waals surface area contributed by atoms with Crippen molar-refractivity contribution in [1.29, 1.82) is 0 Å². The summed E-state index contributed by atoms with van der Waals surface area (Å²) in [4.78, 5) is 30.0. The number of carbonyl (C=O) groups excluding carboxylic acids is 1. The minimum Gasteiger partial charge on any atom is -0.321 e. The van der Waals surface area contributed by atoms with Gasteiger partial charge in [0, 0.05) is 11.8 Å².